The summed E-state index contributed by atoms with van der Waals surface area (Å²) in [6.07, 6.45) is 2.92. The van der Waals surface area contributed by atoms with Crippen LogP contribution in [0, 0.1) is 5.92 Å². The Labute approximate surface area is 60.9 Å². The van der Waals surface area contributed by atoms with Crippen LogP contribution in [0.3, 0.4) is 0 Å². The zero-order valence-electron chi connectivity index (χ0n) is 6.22. The molecule has 1 fully saturated rings. The second-order valence-electron chi connectivity index (χ2n) is 3.61. The lowest BCUT2D eigenvalue weighted by atomic mass is 10.0. The summed E-state index contributed by atoms with van der Waals surface area (Å²) in [6, 6.07) is 0. The molecule has 0 bridgehead atoms. The summed E-state index contributed by atoms with van der Waals surface area (Å²) in [5, 5.41) is 12.9. The van der Waals surface area contributed by atoms with Crippen molar-refractivity contribution in [2.24, 2.45) is 5.92 Å². The maximum atomic E-state index is 9.60. The van der Waals surface area contributed by atoms with Crippen LogP contribution in [0.4, 0.5) is 0 Å². The van der Waals surface area contributed by atoms with Gasteiger partial charge in [-0.2, -0.15) is 0 Å². The molecule has 1 saturated heterocycles. The first-order valence-corrected chi connectivity index (χ1v) is 3.82. The Balaban J connectivity index is 2.23. The van der Waals surface area contributed by atoms with Gasteiger partial charge in [0.2, 0.25) is 0 Å². The van der Waals surface area contributed by atoms with Gasteiger partial charge >= 0.3 is 0 Å². The topological polar surface area (TPSA) is 32.3 Å². The molecule has 2 N–H and O–H groups in total. The summed E-state index contributed by atoms with van der Waals surface area (Å²) < 4.78 is 0. The van der Waals surface area contributed by atoms with Gasteiger partial charge in [0.25, 0.3) is 0 Å². The number of nitrogens with one attached hydrogen (secondary N) is 1. The summed E-state index contributed by atoms with van der Waals surface area (Å²) in [5.74, 6) is 0.620. The first-order chi connectivity index (χ1) is 4.67. The molecule has 10 heavy (non-hydrogen) atoms. The smallest absolute Gasteiger partial charge is 0.0809 e. The molecule has 2 nitrogen and oxygen atoms in total. The lowest BCUT2D eigenvalue weighted by Crippen LogP contribution is -2.21. The highest BCUT2D eigenvalue weighted by Crippen LogP contribution is 2.34. The van der Waals surface area contributed by atoms with Gasteiger partial charge < -0.3 is 10.4 Å². The molecule has 0 aromatic rings. The van der Waals surface area contributed by atoms with Gasteiger partial charge in [-0.05, 0) is 19.3 Å². The molecule has 0 spiro atoms. The highest BCUT2D eigenvalue weighted by molar-refractivity contribution is 5.25. The van der Waals surface area contributed by atoms with E-state index in [0.29, 0.717) is 5.92 Å². The summed E-state index contributed by atoms with van der Waals surface area (Å²) in [6.45, 7) is 3.93. The van der Waals surface area contributed by atoms with Gasteiger partial charge in [0.1, 0.15) is 0 Å². The van der Waals surface area contributed by atoms with Crippen LogP contribution >= 0.6 is 0 Å². The Morgan fingerprint density at radius 3 is 3.30 bits per heavy atom. The fourth-order valence-electron chi connectivity index (χ4n) is 2.00. The quantitative estimate of drug-likeness (QED) is 0.473. The van der Waals surface area contributed by atoms with Crippen LogP contribution in [0.25, 0.3) is 0 Å². The van der Waals surface area contributed by atoms with E-state index in [0.717, 1.165) is 19.5 Å². The van der Waals surface area contributed by atoms with Crippen molar-refractivity contribution in [2.45, 2.75) is 18.9 Å². The lowest BCUT2D eigenvalue weighted by molar-refractivity contribution is 0.102. The van der Waals surface area contributed by atoms with Crippen LogP contribution in [-0.4, -0.2) is 23.8 Å². The molecular weight excluding hydrogens is 126 g/mol. The molecule has 0 aromatic carbocycles. The molecule has 0 radical (unpaired) electrons. The maximum Gasteiger partial charge on any atom is 0.0809 e. The molecular formula is C8H13NO. The van der Waals surface area contributed by atoms with Crippen molar-refractivity contribution in [1.82, 2.24) is 5.32 Å². The Morgan fingerprint density at radius 2 is 2.60 bits per heavy atom. The maximum absolute atomic E-state index is 9.60. The van der Waals surface area contributed by atoms with Crippen LogP contribution in [0.2, 0.25) is 0 Å². The Morgan fingerprint density at radius 1 is 1.80 bits per heavy atom. The van der Waals surface area contributed by atoms with Crippen molar-refractivity contribution >= 4 is 0 Å². The summed E-state index contributed by atoms with van der Waals surface area (Å²) in [5.41, 5.74) is 0.896. The van der Waals surface area contributed by atoms with E-state index in [1.54, 1.807) is 0 Å². The van der Waals surface area contributed by atoms with Crippen molar-refractivity contribution in [1.29, 1.82) is 0 Å². The second-order valence-corrected chi connectivity index (χ2v) is 3.61. The van der Waals surface area contributed by atoms with Crippen LogP contribution in [0.5, 0.6) is 0 Å². The predicted octanol–water partition coefficient (Wildman–Crippen LogP) is 0.287. The molecule has 0 saturated carbocycles. The number of aliphatic hydroxyl groups is 1. The number of hydrogen-bond donors (Lipinski definition) is 2. The summed E-state index contributed by atoms with van der Waals surface area (Å²) in [4.78, 5) is 0. The Kier molecular flexibility index (Phi) is 1.17. The largest absolute Gasteiger partial charge is 0.386 e. The first kappa shape index (κ1) is 6.38. The second kappa shape index (κ2) is 1.83. The van der Waals surface area contributed by atoms with Gasteiger partial charge in [0.15, 0.2) is 0 Å². The van der Waals surface area contributed by atoms with E-state index in [4.69, 9.17) is 0 Å². The minimum atomic E-state index is -0.512. The zero-order valence-corrected chi connectivity index (χ0v) is 6.22. The van der Waals surface area contributed by atoms with E-state index >= 15 is 0 Å². The van der Waals surface area contributed by atoms with Crippen LogP contribution in [0.15, 0.2) is 11.6 Å². The summed E-state index contributed by atoms with van der Waals surface area (Å²) >= 11 is 0. The third-order valence-electron chi connectivity index (χ3n) is 2.40. The number of hydrogen-bond acceptors (Lipinski definition) is 2. The minimum Gasteiger partial charge on any atom is -0.386 e. The van der Waals surface area contributed by atoms with Gasteiger partial charge in [0.05, 0.1) is 5.60 Å². The lowest BCUT2D eigenvalue weighted by Gasteiger charge is -2.14. The Hall–Kier alpha value is -0.340. The molecule has 2 aliphatic rings. The van der Waals surface area contributed by atoms with E-state index in [-0.39, 0.29) is 0 Å². The first-order valence-electron chi connectivity index (χ1n) is 3.82. The van der Waals surface area contributed by atoms with Crippen molar-refractivity contribution in [3.8, 4) is 0 Å². The monoisotopic (exact) mass is 139 g/mol. The van der Waals surface area contributed by atoms with Crippen molar-refractivity contribution < 1.29 is 5.11 Å². The molecule has 1 heterocycles. The minimum absolute atomic E-state index is 0.512. The van der Waals surface area contributed by atoms with E-state index in [9.17, 15) is 5.11 Å². The van der Waals surface area contributed by atoms with Crippen molar-refractivity contribution in [3.05, 3.63) is 11.6 Å². The van der Waals surface area contributed by atoms with Gasteiger partial charge in [-0.3, -0.25) is 0 Å². The van der Waals surface area contributed by atoms with Crippen molar-refractivity contribution in [3.63, 3.8) is 0 Å². The third-order valence-corrected chi connectivity index (χ3v) is 2.40. The van der Waals surface area contributed by atoms with Gasteiger partial charge in [-0.15, -0.1) is 0 Å². The summed E-state index contributed by atoms with van der Waals surface area (Å²) in [7, 11) is 0. The van der Waals surface area contributed by atoms with E-state index in [1.165, 1.54) is 5.57 Å². The molecule has 2 atom stereocenters. The third kappa shape index (κ3) is 0.879. The number of fused-ring (bicyclic) bond motifs is 1. The van der Waals surface area contributed by atoms with E-state index in [2.05, 4.69) is 5.32 Å². The van der Waals surface area contributed by atoms with Crippen LogP contribution in [0.1, 0.15) is 13.3 Å². The van der Waals surface area contributed by atoms with E-state index in [1.807, 2.05) is 13.0 Å². The molecule has 1 aliphatic heterocycles. The molecule has 2 unspecified atom stereocenters. The molecule has 0 aromatic heterocycles. The molecule has 2 heteroatoms. The van der Waals surface area contributed by atoms with E-state index < -0.39 is 5.60 Å². The van der Waals surface area contributed by atoms with Crippen LogP contribution in [-0.2, 0) is 0 Å². The Bertz CT molecular complexity index is 184. The molecule has 0 amide bonds. The SMILES string of the molecule is CC1(O)C=C2CNCC2C1. The molecule has 2 rings (SSSR count). The van der Waals surface area contributed by atoms with Gasteiger partial charge in [-0.1, -0.05) is 11.6 Å². The average Bonchev–Trinajstić information content (AvgIpc) is 2.20. The van der Waals surface area contributed by atoms with Crippen LogP contribution < -0.4 is 5.32 Å². The standard InChI is InChI=1S/C8H13NO/c1-8(10)2-6-4-9-5-7(6)3-8/h2,7,9-10H,3-5H2,1H3. The molecule has 56 valence electrons. The normalized spacial score (nSPS) is 45.4. The highest BCUT2D eigenvalue weighted by Gasteiger charge is 2.35. The zero-order chi connectivity index (χ0) is 7.19. The molecule has 1 aliphatic carbocycles. The predicted molar refractivity (Wildman–Crippen MR) is 39.7 cm³/mol. The fourth-order valence-corrected chi connectivity index (χ4v) is 2.00. The highest BCUT2D eigenvalue weighted by atomic mass is 16.3. The average molecular weight is 139 g/mol. The van der Waals surface area contributed by atoms with Gasteiger partial charge in [-0.25, -0.2) is 0 Å². The van der Waals surface area contributed by atoms with Crippen molar-refractivity contribution in [2.75, 3.05) is 13.1 Å². The number of rotatable bonds is 0. The van der Waals surface area contributed by atoms with Gasteiger partial charge in [0, 0.05) is 13.1 Å². The fraction of sp³-hybridized carbons (Fsp3) is 0.750.